The third-order valence-electron chi connectivity index (χ3n) is 5.12. The second-order valence-corrected chi connectivity index (χ2v) is 9.77. The Morgan fingerprint density at radius 2 is 1.69 bits per heavy atom. The fraction of sp³-hybridized carbons (Fsp3) is 0.154. The van der Waals surface area contributed by atoms with E-state index < -0.39 is 0 Å². The summed E-state index contributed by atoms with van der Waals surface area (Å²) in [5, 5.41) is 1.23. The summed E-state index contributed by atoms with van der Waals surface area (Å²) in [6, 6.07) is 17.7. The number of rotatable bonds is 8. The molecule has 9 heteroatoms. The van der Waals surface area contributed by atoms with Crippen molar-refractivity contribution in [3.63, 3.8) is 0 Å². The maximum absolute atomic E-state index is 12.9. The standard InChI is InChI=1S/C26H20Cl3NO4S/c1-2-33-23-11-16(7-10-22(23)34-15-18-8-9-19(27)13-21(18)29)12-24-25(31)30(26(32)35-24)14-17-5-3-4-6-20(17)28/h3-13H,2,14-15H2,1H3/b24-12-. The van der Waals surface area contributed by atoms with Gasteiger partial charge >= 0.3 is 0 Å². The molecule has 1 aliphatic rings. The molecule has 2 amide bonds. The molecule has 0 saturated carbocycles. The van der Waals surface area contributed by atoms with E-state index in [2.05, 4.69) is 0 Å². The smallest absolute Gasteiger partial charge is 0.293 e. The Morgan fingerprint density at radius 3 is 2.43 bits per heavy atom. The molecule has 1 fully saturated rings. The summed E-state index contributed by atoms with van der Waals surface area (Å²) in [6.07, 6.45) is 1.67. The average molecular weight is 549 g/mol. The number of halogens is 3. The second-order valence-electron chi connectivity index (χ2n) is 7.52. The maximum atomic E-state index is 12.9. The Labute approximate surface area is 222 Å². The summed E-state index contributed by atoms with van der Waals surface area (Å²) >= 11 is 19.3. The van der Waals surface area contributed by atoms with E-state index in [4.69, 9.17) is 44.3 Å². The molecule has 1 saturated heterocycles. The summed E-state index contributed by atoms with van der Waals surface area (Å²) in [4.78, 5) is 27.0. The van der Waals surface area contributed by atoms with Crippen molar-refractivity contribution in [2.45, 2.75) is 20.1 Å². The Hall–Kier alpha value is -2.64. The molecule has 1 heterocycles. The molecule has 0 unspecified atom stereocenters. The van der Waals surface area contributed by atoms with Crippen molar-refractivity contribution in [1.29, 1.82) is 0 Å². The molecule has 35 heavy (non-hydrogen) atoms. The van der Waals surface area contributed by atoms with Gasteiger partial charge in [0.05, 0.1) is 18.1 Å². The molecule has 180 valence electrons. The van der Waals surface area contributed by atoms with Crippen LogP contribution in [0.2, 0.25) is 15.1 Å². The number of thioether (sulfide) groups is 1. The van der Waals surface area contributed by atoms with Crippen LogP contribution in [0.15, 0.2) is 65.6 Å². The van der Waals surface area contributed by atoms with Gasteiger partial charge in [-0.3, -0.25) is 14.5 Å². The second kappa shape index (κ2) is 11.4. The number of hydrogen-bond acceptors (Lipinski definition) is 5. The van der Waals surface area contributed by atoms with Crippen LogP contribution in [0, 0.1) is 0 Å². The lowest BCUT2D eigenvalue weighted by molar-refractivity contribution is -0.123. The molecular weight excluding hydrogens is 529 g/mol. The van der Waals surface area contributed by atoms with Gasteiger partial charge in [0.15, 0.2) is 11.5 Å². The highest BCUT2D eigenvalue weighted by atomic mass is 35.5. The van der Waals surface area contributed by atoms with Crippen molar-refractivity contribution in [1.82, 2.24) is 4.90 Å². The van der Waals surface area contributed by atoms with Gasteiger partial charge in [-0.05, 0) is 66.2 Å². The van der Waals surface area contributed by atoms with E-state index in [1.165, 1.54) is 4.90 Å². The molecule has 3 aromatic rings. The van der Waals surface area contributed by atoms with Gasteiger partial charge in [-0.2, -0.15) is 0 Å². The van der Waals surface area contributed by atoms with Crippen LogP contribution in [0.25, 0.3) is 6.08 Å². The van der Waals surface area contributed by atoms with E-state index in [1.807, 2.05) is 13.0 Å². The Bertz CT molecular complexity index is 1310. The minimum absolute atomic E-state index is 0.117. The SMILES string of the molecule is CCOc1cc(/C=C2\SC(=O)N(Cc3ccccc3Cl)C2=O)ccc1OCc1ccc(Cl)cc1Cl. The lowest BCUT2D eigenvalue weighted by Gasteiger charge is -2.14. The number of carbonyl (C=O) groups excluding carboxylic acids is 2. The molecule has 0 aliphatic carbocycles. The number of ether oxygens (including phenoxy) is 2. The number of carbonyl (C=O) groups is 2. The molecule has 5 nitrogen and oxygen atoms in total. The molecule has 0 spiro atoms. The monoisotopic (exact) mass is 547 g/mol. The first-order valence-electron chi connectivity index (χ1n) is 10.7. The largest absolute Gasteiger partial charge is 0.490 e. The predicted octanol–water partition coefficient (Wildman–Crippen LogP) is 7.86. The van der Waals surface area contributed by atoms with E-state index >= 15 is 0 Å². The molecule has 0 bridgehead atoms. The summed E-state index contributed by atoms with van der Waals surface area (Å²) in [7, 11) is 0. The molecular formula is C26H20Cl3NO4S. The van der Waals surface area contributed by atoms with Gasteiger partial charge in [-0.15, -0.1) is 0 Å². The summed E-state index contributed by atoms with van der Waals surface area (Å²) < 4.78 is 11.7. The highest BCUT2D eigenvalue weighted by Gasteiger charge is 2.35. The Kier molecular flexibility index (Phi) is 8.29. The van der Waals surface area contributed by atoms with E-state index in [0.717, 1.165) is 17.3 Å². The summed E-state index contributed by atoms with van der Waals surface area (Å²) in [5.74, 6) is 0.680. The van der Waals surface area contributed by atoms with Crippen molar-refractivity contribution in [2.24, 2.45) is 0 Å². The quantitative estimate of drug-likeness (QED) is 0.268. The summed E-state index contributed by atoms with van der Waals surface area (Å²) in [5.41, 5.74) is 2.20. The van der Waals surface area contributed by atoms with Gasteiger partial charge in [-0.25, -0.2) is 0 Å². The average Bonchev–Trinajstić information content (AvgIpc) is 3.08. The van der Waals surface area contributed by atoms with E-state index in [9.17, 15) is 9.59 Å². The van der Waals surface area contributed by atoms with Gasteiger partial charge in [0.2, 0.25) is 0 Å². The van der Waals surface area contributed by atoms with E-state index in [0.29, 0.717) is 49.2 Å². The highest BCUT2D eigenvalue weighted by molar-refractivity contribution is 8.18. The van der Waals surface area contributed by atoms with E-state index in [1.54, 1.807) is 60.7 Å². The van der Waals surface area contributed by atoms with Crippen LogP contribution in [0.4, 0.5) is 4.79 Å². The highest BCUT2D eigenvalue weighted by Crippen LogP contribution is 2.36. The van der Waals surface area contributed by atoms with Crippen molar-refractivity contribution < 1.29 is 19.1 Å². The zero-order valence-corrected chi connectivity index (χ0v) is 21.7. The first kappa shape index (κ1) is 25.5. The number of benzene rings is 3. The van der Waals surface area contributed by atoms with Gasteiger partial charge in [0, 0.05) is 20.6 Å². The minimum atomic E-state index is -0.365. The topological polar surface area (TPSA) is 55.8 Å². The van der Waals surface area contributed by atoms with Crippen LogP contribution in [0.5, 0.6) is 11.5 Å². The molecule has 1 aliphatic heterocycles. The fourth-order valence-corrected chi connectivity index (χ4v) is 4.88. The summed E-state index contributed by atoms with van der Waals surface area (Å²) in [6.45, 7) is 2.64. The van der Waals surface area contributed by atoms with Crippen LogP contribution < -0.4 is 9.47 Å². The third-order valence-corrected chi connectivity index (χ3v) is 6.99. The molecule has 0 aromatic heterocycles. The maximum Gasteiger partial charge on any atom is 0.293 e. The number of imide groups is 1. The normalized spacial score (nSPS) is 14.6. The molecule has 4 rings (SSSR count). The van der Waals surface area contributed by atoms with Crippen LogP contribution in [-0.2, 0) is 17.9 Å². The van der Waals surface area contributed by atoms with Crippen molar-refractivity contribution in [3.05, 3.63) is 97.3 Å². The van der Waals surface area contributed by atoms with E-state index in [-0.39, 0.29) is 24.3 Å². The number of nitrogens with zero attached hydrogens (tertiary/aromatic N) is 1. The van der Waals surface area contributed by atoms with Crippen molar-refractivity contribution in [2.75, 3.05) is 6.61 Å². The van der Waals surface area contributed by atoms with Crippen LogP contribution in [-0.4, -0.2) is 22.7 Å². The van der Waals surface area contributed by atoms with Gasteiger partial charge in [-0.1, -0.05) is 65.1 Å². The zero-order chi connectivity index (χ0) is 24.9. The zero-order valence-electron chi connectivity index (χ0n) is 18.6. The lowest BCUT2D eigenvalue weighted by Crippen LogP contribution is -2.27. The minimum Gasteiger partial charge on any atom is -0.490 e. The van der Waals surface area contributed by atoms with Crippen molar-refractivity contribution >= 4 is 63.8 Å². The Balaban J connectivity index is 1.52. The van der Waals surface area contributed by atoms with Crippen molar-refractivity contribution in [3.8, 4) is 11.5 Å². The molecule has 3 aromatic carbocycles. The Morgan fingerprint density at radius 1 is 0.886 bits per heavy atom. The van der Waals surface area contributed by atoms with Crippen LogP contribution in [0.1, 0.15) is 23.6 Å². The van der Waals surface area contributed by atoms with Crippen LogP contribution in [0.3, 0.4) is 0 Å². The molecule has 0 N–H and O–H groups in total. The first-order chi connectivity index (χ1) is 16.9. The lowest BCUT2D eigenvalue weighted by atomic mass is 10.1. The van der Waals surface area contributed by atoms with Crippen LogP contribution >= 0.6 is 46.6 Å². The third kappa shape index (κ3) is 6.14. The molecule has 0 atom stereocenters. The number of amides is 2. The number of hydrogen-bond donors (Lipinski definition) is 0. The molecule has 0 radical (unpaired) electrons. The van der Waals surface area contributed by atoms with Gasteiger partial charge in [0.25, 0.3) is 11.1 Å². The van der Waals surface area contributed by atoms with Gasteiger partial charge < -0.3 is 9.47 Å². The van der Waals surface area contributed by atoms with Gasteiger partial charge in [0.1, 0.15) is 6.61 Å². The fourth-order valence-electron chi connectivity index (χ4n) is 3.38. The first-order valence-corrected chi connectivity index (χ1v) is 12.6. The predicted molar refractivity (Wildman–Crippen MR) is 141 cm³/mol.